The van der Waals surface area contributed by atoms with Crippen LogP contribution in [-0.4, -0.2) is 17.3 Å². The van der Waals surface area contributed by atoms with Gasteiger partial charge in [0, 0.05) is 35.5 Å². The van der Waals surface area contributed by atoms with E-state index >= 15 is 0 Å². The third-order valence-corrected chi connectivity index (χ3v) is 4.25. The number of aromatic nitrogens is 1. The van der Waals surface area contributed by atoms with Crippen molar-refractivity contribution in [3.8, 4) is 0 Å². The largest absolute Gasteiger partial charge is 0.361 e. The fraction of sp³-hybridized carbons (Fsp3) is 0.176. The Kier molecular flexibility index (Phi) is 4.41. The zero-order valence-corrected chi connectivity index (χ0v) is 12.1. The summed E-state index contributed by atoms with van der Waals surface area (Å²) < 4.78 is 0. The highest BCUT2D eigenvalue weighted by Crippen LogP contribution is 2.16. The van der Waals surface area contributed by atoms with Crippen LogP contribution in [0.1, 0.15) is 5.56 Å². The summed E-state index contributed by atoms with van der Waals surface area (Å²) in [4.78, 5) is 4.59. The molecular weight excluding hydrogens is 264 g/mol. The minimum Gasteiger partial charge on any atom is -0.361 e. The lowest BCUT2D eigenvalue weighted by Crippen LogP contribution is -2.16. The predicted molar refractivity (Wildman–Crippen MR) is 87.2 cm³/mol. The van der Waals surface area contributed by atoms with Gasteiger partial charge in [0.2, 0.25) is 0 Å². The van der Waals surface area contributed by atoms with Gasteiger partial charge in [-0.2, -0.15) is 0 Å². The highest BCUT2D eigenvalue weighted by Gasteiger charge is 1.97. The molecule has 20 heavy (non-hydrogen) atoms. The molecule has 3 rings (SSSR count). The molecule has 0 spiro atoms. The van der Waals surface area contributed by atoms with Crippen LogP contribution < -0.4 is 5.32 Å². The Labute approximate surface area is 123 Å². The Morgan fingerprint density at radius 1 is 1.00 bits per heavy atom. The molecule has 102 valence electrons. The number of fused-ring (bicyclic) bond motifs is 1. The van der Waals surface area contributed by atoms with Crippen molar-refractivity contribution in [2.24, 2.45) is 0 Å². The highest BCUT2D eigenvalue weighted by molar-refractivity contribution is 7.99. The molecule has 2 nitrogen and oxygen atoms in total. The van der Waals surface area contributed by atoms with Gasteiger partial charge >= 0.3 is 0 Å². The molecule has 0 fully saturated rings. The molecule has 0 saturated carbocycles. The molecule has 1 heterocycles. The molecule has 0 saturated heterocycles. The first kappa shape index (κ1) is 13.3. The fourth-order valence-electron chi connectivity index (χ4n) is 2.20. The zero-order chi connectivity index (χ0) is 13.6. The lowest BCUT2D eigenvalue weighted by molar-refractivity contribution is 0.732. The normalized spacial score (nSPS) is 11.0. The monoisotopic (exact) mass is 282 g/mol. The van der Waals surface area contributed by atoms with Gasteiger partial charge < -0.3 is 10.3 Å². The summed E-state index contributed by atoms with van der Waals surface area (Å²) >= 11 is 1.89. The van der Waals surface area contributed by atoms with E-state index in [-0.39, 0.29) is 0 Å². The molecule has 0 atom stereocenters. The summed E-state index contributed by atoms with van der Waals surface area (Å²) in [5.41, 5.74) is 2.53. The van der Waals surface area contributed by atoms with Gasteiger partial charge in [0.1, 0.15) is 0 Å². The van der Waals surface area contributed by atoms with Crippen LogP contribution in [-0.2, 0) is 6.54 Å². The van der Waals surface area contributed by atoms with E-state index in [0.717, 1.165) is 18.8 Å². The van der Waals surface area contributed by atoms with Crippen molar-refractivity contribution < 1.29 is 0 Å². The average molecular weight is 282 g/mol. The van der Waals surface area contributed by atoms with Crippen LogP contribution in [0.25, 0.3) is 10.9 Å². The topological polar surface area (TPSA) is 27.8 Å². The number of H-pyrrole nitrogens is 1. The van der Waals surface area contributed by atoms with Crippen LogP contribution in [0.4, 0.5) is 0 Å². The molecule has 2 aromatic carbocycles. The van der Waals surface area contributed by atoms with Crippen LogP contribution in [0, 0.1) is 0 Å². The molecule has 0 aliphatic carbocycles. The number of hydrogen-bond acceptors (Lipinski definition) is 2. The summed E-state index contributed by atoms with van der Waals surface area (Å²) in [6, 6.07) is 19.2. The fourth-order valence-corrected chi connectivity index (χ4v) is 3.03. The van der Waals surface area contributed by atoms with Gasteiger partial charge in [0.05, 0.1) is 0 Å². The van der Waals surface area contributed by atoms with Crippen LogP contribution >= 0.6 is 11.8 Å². The van der Waals surface area contributed by atoms with Gasteiger partial charge in [0.25, 0.3) is 0 Å². The van der Waals surface area contributed by atoms with E-state index in [1.54, 1.807) is 0 Å². The molecule has 0 radical (unpaired) electrons. The van der Waals surface area contributed by atoms with E-state index in [4.69, 9.17) is 0 Å². The molecule has 0 aliphatic rings. The molecule has 0 amide bonds. The minimum absolute atomic E-state index is 0.921. The Morgan fingerprint density at radius 3 is 2.80 bits per heavy atom. The van der Waals surface area contributed by atoms with Gasteiger partial charge in [-0.25, -0.2) is 0 Å². The van der Waals surface area contributed by atoms with Crippen molar-refractivity contribution in [3.63, 3.8) is 0 Å². The van der Waals surface area contributed by atoms with Crippen molar-refractivity contribution in [3.05, 3.63) is 66.4 Å². The van der Waals surface area contributed by atoms with Crippen LogP contribution in [0.5, 0.6) is 0 Å². The first-order valence-electron chi connectivity index (χ1n) is 6.86. The van der Waals surface area contributed by atoms with Gasteiger partial charge in [-0.05, 0) is 35.2 Å². The van der Waals surface area contributed by atoms with E-state index in [1.165, 1.54) is 21.4 Å². The summed E-state index contributed by atoms with van der Waals surface area (Å²) in [6.07, 6.45) is 1.98. The van der Waals surface area contributed by atoms with Crippen molar-refractivity contribution in [2.45, 2.75) is 11.4 Å². The zero-order valence-electron chi connectivity index (χ0n) is 11.3. The summed E-state index contributed by atoms with van der Waals surface area (Å²) in [5.74, 6) is 1.09. The molecule has 0 aliphatic heterocycles. The Morgan fingerprint density at radius 2 is 1.90 bits per heavy atom. The molecule has 2 N–H and O–H groups in total. The van der Waals surface area contributed by atoms with Crippen molar-refractivity contribution in [1.29, 1.82) is 0 Å². The Hall–Kier alpha value is -1.71. The minimum atomic E-state index is 0.921. The van der Waals surface area contributed by atoms with E-state index in [2.05, 4.69) is 64.9 Å². The maximum atomic E-state index is 3.49. The van der Waals surface area contributed by atoms with E-state index in [9.17, 15) is 0 Å². The molecular formula is C17H18N2S. The van der Waals surface area contributed by atoms with Crippen LogP contribution in [0.15, 0.2) is 65.7 Å². The van der Waals surface area contributed by atoms with Crippen LogP contribution in [0.2, 0.25) is 0 Å². The van der Waals surface area contributed by atoms with Crippen molar-refractivity contribution in [2.75, 3.05) is 12.3 Å². The third-order valence-electron chi connectivity index (χ3n) is 3.24. The second kappa shape index (κ2) is 6.64. The van der Waals surface area contributed by atoms with Gasteiger partial charge in [0.15, 0.2) is 0 Å². The summed E-state index contributed by atoms with van der Waals surface area (Å²) in [7, 11) is 0. The van der Waals surface area contributed by atoms with Gasteiger partial charge in [-0.3, -0.25) is 0 Å². The lowest BCUT2D eigenvalue weighted by atomic mass is 10.1. The average Bonchev–Trinajstić information content (AvgIpc) is 2.95. The Balaban J connectivity index is 1.43. The quantitative estimate of drug-likeness (QED) is 0.527. The molecule has 1 aromatic heterocycles. The van der Waals surface area contributed by atoms with Crippen molar-refractivity contribution in [1.82, 2.24) is 10.3 Å². The predicted octanol–water partition coefficient (Wildman–Crippen LogP) is 4.05. The molecule has 3 heteroatoms. The Bertz CT molecular complexity index is 661. The molecule has 0 bridgehead atoms. The number of benzene rings is 2. The first-order chi connectivity index (χ1) is 9.92. The van der Waals surface area contributed by atoms with E-state index in [0.29, 0.717) is 0 Å². The van der Waals surface area contributed by atoms with Gasteiger partial charge in [-0.15, -0.1) is 11.8 Å². The standard InChI is InChI=1S/C17H18N2S/c1-2-4-16(5-3-1)20-11-10-18-13-14-6-7-15-8-9-19-17(15)12-14/h1-9,12,18-19H,10-11,13H2. The number of nitrogens with one attached hydrogen (secondary N) is 2. The molecule has 3 aromatic rings. The first-order valence-corrected chi connectivity index (χ1v) is 7.85. The van der Waals surface area contributed by atoms with Crippen molar-refractivity contribution >= 4 is 22.7 Å². The number of rotatable bonds is 6. The maximum absolute atomic E-state index is 3.49. The second-order valence-corrected chi connectivity index (χ2v) is 5.91. The third kappa shape index (κ3) is 3.44. The summed E-state index contributed by atoms with van der Waals surface area (Å²) in [6.45, 7) is 1.94. The highest BCUT2D eigenvalue weighted by atomic mass is 32.2. The summed E-state index contributed by atoms with van der Waals surface area (Å²) in [5, 5.41) is 4.77. The smallest absolute Gasteiger partial charge is 0.0457 e. The van der Waals surface area contributed by atoms with Gasteiger partial charge in [-0.1, -0.05) is 30.3 Å². The maximum Gasteiger partial charge on any atom is 0.0457 e. The lowest BCUT2D eigenvalue weighted by Gasteiger charge is -2.05. The number of thioether (sulfide) groups is 1. The van der Waals surface area contributed by atoms with Crippen LogP contribution in [0.3, 0.4) is 0 Å². The van der Waals surface area contributed by atoms with E-state index < -0.39 is 0 Å². The molecule has 0 unspecified atom stereocenters. The number of aromatic amines is 1. The SMILES string of the molecule is c1ccc(SCCNCc2ccc3cc[nH]c3c2)cc1. The van der Waals surface area contributed by atoms with E-state index in [1.807, 2.05) is 18.0 Å². The second-order valence-electron chi connectivity index (χ2n) is 4.74. The number of hydrogen-bond donors (Lipinski definition) is 2.